The highest BCUT2D eigenvalue weighted by Gasteiger charge is 2.53. The smallest absolute Gasteiger partial charge is 0.316 e. The van der Waals surface area contributed by atoms with Gasteiger partial charge in [-0.05, 0) is 51.0 Å². The van der Waals surface area contributed by atoms with Crippen molar-refractivity contribution < 1.29 is 83.0 Å². The second kappa shape index (κ2) is 15.6. The molecular weight excluding hydrogens is 752 g/mol. The summed E-state index contributed by atoms with van der Waals surface area (Å²) in [4.78, 5) is 52.8. The van der Waals surface area contributed by atoms with Crippen LogP contribution in [-0.2, 0) is 42.7 Å². The molecule has 17 nitrogen and oxygen atoms in total. The van der Waals surface area contributed by atoms with Crippen LogP contribution in [0.4, 0.5) is 0 Å². The van der Waals surface area contributed by atoms with Crippen molar-refractivity contribution in [2.75, 3.05) is 7.11 Å². The minimum Gasteiger partial charge on any atom is -0.507 e. The number of phenolic OH excluding ortho intramolecular Hbond substituents is 3. The maximum Gasteiger partial charge on any atom is 0.316 e. The summed E-state index contributed by atoms with van der Waals surface area (Å²) >= 11 is 0. The molecule has 3 aliphatic heterocycles. The lowest BCUT2D eigenvalue weighted by Gasteiger charge is -2.46. The van der Waals surface area contributed by atoms with Crippen molar-refractivity contribution in [1.82, 2.24) is 0 Å². The first-order valence-corrected chi connectivity index (χ1v) is 19.1. The predicted molar refractivity (Wildman–Crippen MR) is 191 cm³/mol. The molecular formula is C40H48O17. The number of carbonyl (C=O) groups excluding carboxylic acids is 4. The van der Waals surface area contributed by atoms with Gasteiger partial charge in [-0.2, -0.15) is 0 Å². The van der Waals surface area contributed by atoms with Crippen LogP contribution in [0.3, 0.4) is 0 Å². The number of fused-ring (bicyclic) bond motifs is 3. The van der Waals surface area contributed by atoms with Gasteiger partial charge >= 0.3 is 5.97 Å². The maximum absolute atomic E-state index is 13.9. The van der Waals surface area contributed by atoms with E-state index in [1.165, 1.54) is 6.07 Å². The molecule has 2 aromatic carbocycles. The zero-order chi connectivity index (χ0) is 41.2. The number of phenols is 3. The fourth-order valence-electron chi connectivity index (χ4n) is 8.83. The Morgan fingerprint density at radius 1 is 0.825 bits per heavy atom. The number of benzene rings is 2. The van der Waals surface area contributed by atoms with Crippen molar-refractivity contribution in [2.45, 2.75) is 145 Å². The number of rotatable bonds is 8. The number of carbonyl (C=O) groups is 4. The summed E-state index contributed by atoms with van der Waals surface area (Å²) in [6, 6.07) is 3.28. The Morgan fingerprint density at radius 2 is 1.39 bits per heavy atom. The van der Waals surface area contributed by atoms with Gasteiger partial charge in [0.25, 0.3) is 0 Å². The van der Waals surface area contributed by atoms with Crippen LogP contribution in [0.1, 0.15) is 121 Å². The van der Waals surface area contributed by atoms with Gasteiger partial charge in [0.15, 0.2) is 30.4 Å². The van der Waals surface area contributed by atoms with Crippen LogP contribution in [0.5, 0.6) is 17.2 Å². The van der Waals surface area contributed by atoms with Gasteiger partial charge in [0.05, 0.1) is 59.9 Å². The van der Waals surface area contributed by atoms with E-state index in [1.807, 2.05) is 0 Å². The standard InChI is InChI=1S/C40H48O17/c1-6-40(50)14-25(29-18(33(40)39(49)51-5)11-19-30(35(29)47)36(48)32-22(43)8-7-21(42)31(32)34(19)46)55-27-12-23(44)38(17(4)53-27)57-28-13-24(45)37(16(3)54-28)56-26-10-9-20(41)15(2)52-26/h7-8,11,15-17,23-28,33,37-38,42-45,47,50H,6,9-10,12-14H2,1-5H3/t15-,16-,17-,23-,24-,25-,26-,27-,28-,33?,37+,38+,40+/m0/s1. The number of esters is 1. The Hall–Kier alpha value is -4.04. The predicted octanol–water partition coefficient (Wildman–Crippen LogP) is 2.29. The van der Waals surface area contributed by atoms with E-state index in [2.05, 4.69) is 0 Å². The summed E-state index contributed by atoms with van der Waals surface area (Å²) in [5.41, 5.74) is -3.88. The Kier molecular flexibility index (Phi) is 11.3. The van der Waals surface area contributed by atoms with Crippen LogP contribution in [0.15, 0.2) is 18.2 Å². The molecule has 5 aliphatic rings. The van der Waals surface area contributed by atoms with Crippen LogP contribution < -0.4 is 0 Å². The minimum absolute atomic E-state index is 0.00537. The molecule has 3 saturated heterocycles. The number of aromatic hydroxyl groups is 3. The van der Waals surface area contributed by atoms with Crippen molar-refractivity contribution in [3.8, 4) is 17.2 Å². The summed E-state index contributed by atoms with van der Waals surface area (Å²) < 4.78 is 41.3. The van der Waals surface area contributed by atoms with E-state index in [1.54, 1.807) is 27.7 Å². The highest BCUT2D eigenvalue weighted by molar-refractivity contribution is 6.31. The summed E-state index contributed by atoms with van der Waals surface area (Å²) in [6.45, 7) is 6.60. The molecule has 0 aromatic heterocycles. The van der Waals surface area contributed by atoms with E-state index < -0.39 is 131 Å². The summed E-state index contributed by atoms with van der Waals surface area (Å²) in [5.74, 6) is -6.15. The second-order valence-electron chi connectivity index (χ2n) is 15.5. The molecule has 57 heavy (non-hydrogen) atoms. The quantitative estimate of drug-likeness (QED) is 0.141. The van der Waals surface area contributed by atoms with E-state index in [0.717, 1.165) is 19.2 Å². The Morgan fingerprint density at radius 3 is 1.93 bits per heavy atom. The monoisotopic (exact) mass is 800 g/mol. The summed E-state index contributed by atoms with van der Waals surface area (Å²) in [7, 11) is 1.12. The third-order valence-corrected chi connectivity index (χ3v) is 11.9. The molecule has 2 aliphatic carbocycles. The largest absolute Gasteiger partial charge is 0.507 e. The lowest BCUT2D eigenvalue weighted by molar-refractivity contribution is -0.330. The van der Waals surface area contributed by atoms with Crippen LogP contribution >= 0.6 is 0 Å². The molecule has 0 amide bonds. The molecule has 1 unspecified atom stereocenters. The van der Waals surface area contributed by atoms with Crippen molar-refractivity contribution in [3.63, 3.8) is 0 Å². The number of Topliss-reactive ketones (excluding diaryl/α,β-unsaturated/α-hetero) is 1. The Labute approximate surface area is 327 Å². The lowest BCUT2D eigenvalue weighted by Crippen LogP contribution is -2.55. The molecule has 6 N–H and O–H groups in total. The van der Waals surface area contributed by atoms with Gasteiger partial charge in [0.2, 0.25) is 5.78 Å². The van der Waals surface area contributed by atoms with Crippen LogP contribution in [0.2, 0.25) is 0 Å². The summed E-state index contributed by atoms with van der Waals surface area (Å²) in [6.07, 6.45) is -10.0. The third-order valence-electron chi connectivity index (χ3n) is 11.9. The fourth-order valence-corrected chi connectivity index (χ4v) is 8.83. The lowest BCUT2D eigenvalue weighted by atomic mass is 9.67. The Balaban J connectivity index is 1.11. The normalized spacial score (nSPS) is 36.6. The van der Waals surface area contributed by atoms with Crippen LogP contribution in [0.25, 0.3) is 0 Å². The zero-order valence-corrected chi connectivity index (χ0v) is 32.1. The minimum atomic E-state index is -1.85. The number of ether oxygens (including phenoxy) is 7. The van der Waals surface area contributed by atoms with Gasteiger partial charge in [0, 0.05) is 43.2 Å². The SMILES string of the molecule is CC[C@@]1(O)C[C@H](O[C@H]2C[C@H](O)[C@H](O[C@H]3C[C@H](O)[C@H](O[C@H]4CCC(=O)[C@H](C)O4)[C@H](C)O3)[C@H](C)O2)c2c(cc3c(c2O)C(=O)c2c(O)ccc(O)c2C3=O)C1C(=O)OC. The van der Waals surface area contributed by atoms with Crippen molar-refractivity contribution >= 4 is 23.3 Å². The zero-order valence-electron chi connectivity index (χ0n) is 32.1. The average molecular weight is 801 g/mol. The fraction of sp³-hybridized carbons (Fsp3) is 0.600. The van der Waals surface area contributed by atoms with E-state index in [4.69, 9.17) is 33.2 Å². The van der Waals surface area contributed by atoms with E-state index in [9.17, 15) is 49.8 Å². The topological polar surface area (TPSA) is 254 Å². The van der Waals surface area contributed by atoms with Gasteiger partial charge in [-0.15, -0.1) is 0 Å². The second-order valence-corrected chi connectivity index (χ2v) is 15.5. The number of methoxy groups -OCH3 is 1. The first kappa shape index (κ1) is 41.1. The molecule has 0 saturated carbocycles. The molecule has 3 heterocycles. The Bertz CT molecular complexity index is 1920. The van der Waals surface area contributed by atoms with E-state index in [-0.39, 0.29) is 48.2 Å². The molecule has 0 radical (unpaired) electrons. The summed E-state index contributed by atoms with van der Waals surface area (Å²) in [5, 5.41) is 67.3. The van der Waals surface area contributed by atoms with Crippen LogP contribution in [-0.4, -0.2) is 128 Å². The van der Waals surface area contributed by atoms with Gasteiger partial charge in [-0.1, -0.05) is 6.92 Å². The highest BCUT2D eigenvalue weighted by Crippen LogP contribution is 2.54. The number of aliphatic hydroxyl groups excluding tert-OH is 2. The van der Waals surface area contributed by atoms with Gasteiger partial charge in [-0.25, -0.2) is 0 Å². The molecule has 17 heteroatoms. The maximum atomic E-state index is 13.9. The van der Waals surface area contributed by atoms with Crippen molar-refractivity contribution in [3.05, 3.63) is 51.6 Å². The van der Waals surface area contributed by atoms with Crippen molar-refractivity contribution in [2.24, 2.45) is 0 Å². The number of hydrogen-bond acceptors (Lipinski definition) is 17. The van der Waals surface area contributed by atoms with Crippen molar-refractivity contribution in [1.29, 1.82) is 0 Å². The average Bonchev–Trinajstić information content (AvgIpc) is 3.15. The number of hydrogen-bond donors (Lipinski definition) is 6. The highest BCUT2D eigenvalue weighted by atomic mass is 16.7. The molecule has 7 rings (SSSR count). The number of aliphatic hydroxyl groups is 3. The van der Waals surface area contributed by atoms with E-state index >= 15 is 0 Å². The number of ketones is 3. The first-order chi connectivity index (χ1) is 27.0. The molecule has 0 spiro atoms. The van der Waals surface area contributed by atoms with Gasteiger partial charge in [0.1, 0.15) is 41.5 Å². The molecule has 13 atom stereocenters. The molecule has 310 valence electrons. The third kappa shape index (κ3) is 7.23. The first-order valence-electron chi connectivity index (χ1n) is 19.1. The molecule has 0 bridgehead atoms. The molecule has 2 aromatic rings. The molecule has 3 fully saturated rings. The van der Waals surface area contributed by atoms with Crippen LogP contribution in [0, 0.1) is 0 Å². The van der Waals surface area contributed by atoms with E-state index in [0.29, 0.717) is 12.8 Å². The van der Waals surface area contributed by atoms with Gasteiger partial charge < -0.3 is 63.8 Å². The van der Waals surface area contributed by atoms with Gasteiger partial charge in [-0.3, -0.25) is 19.2 Å².